The normalized spacial score (nSPS) is 14.5. The lowest BCUT2D eigenvalue weighted by Gasteiger charge is -2.13. The molecule has 0 fully saturated rings. The summed E-state index contributed by atoms with van der Waals surface area (Å²) in [5.74, 6) is 0.399. The van der Waals surface area contributed by atoms with Gasteiger partial charge in [0.1, 0.15) is 0 Å². The first-order valence-electron chi connectivity index (χ1n) is 5.57. The third-order valence-corrected chi connectivity index (χ3v) is 2.66. The van der Waals surface area contributed by atoms with Gasteiger partial charge in [-0.25, -0.2) is 0 Å². The minimum atomic E-state index is -0.210. The molecule has 1 heteroatoms. The van der Waals surface area contributed by atoms with Crippen LogP contribution in [0.2, 0.25) is 0 Å². The standard InChI is InChI=1S/C14H20O/c1-3-12(2)11-14(15)10-9-13-7-5-4-6-8-13/h3-8,12,14-15H,1,9-11H2,2H3/t12-,14+/m1/s1. The Balaban J connectivity index is 2.28. The molecule has 0 amide bonds. The van der Waals surface area contributed by atoms with Crippen LogP contribution < -0.4 is 0 Å². The Morgan fingerprint density at radius 2 is 2.00 bits per heavy atom. The van der Waals surface area contributed by atoms with E-state index in [1.807, 2.05) is 24.3 Å². The maximum atomic E-state index is 9.76. The van der Waals surface area contributed by atoms with Crippen molar-refractivity contribution < 1.29 is 5.11 Å². The Hall–Kier alpha value is -1.08. The SMILES string of the molecule is C=C[C@@H](C)C[C@@H](O)CCc1ccccc1. The van der Waals surface area contributed by atoms with Crippen molar-refractivity contribution in [3.05, 3.63) is 48.6 Å². The molecular weight excluding hydrogens is 184 g/mol. The summed E-state index contributed by atoms with van der Waals surface area (Å²) in [6.45, 7) is 5.80. The number of hydrogen-bond donors (Lipinski definition) is 1. The third kappa shape index (κ3) is 4.80. The van der Waals surface area contributed by atoms with Crippen molar-refractivity contribution in [1.82, 2.24) is 0 Å². The second kappa shape index (κ2) is 6.41. The van der Waals surface area contributed by atoms with Crippen LogP contribution in [-0.2, 0) is 6.42 Å². The predicted octanol–water partition coefficient (Wildman–Crippen LogP) is 3.19. The Kier molecular flexibility index (Phi) is 5.13. The maximum Gasteiger partial charge on any atom is 0.0549 e. The molecule has 0 saturated carbocycles. The van der Waals surface area contributed by atoms with Gasteiger partial charge in [-0.15, -0.1) is 6.58 Å². The van der Waals surface area contributed by atoms with Crippen molar-refractivity contribution in [3.63, 3.8) is 0 Å². The van der Waals surface area contributed by atoms with Gasteiger partial charge in [0.25, 0.3) is 0 Å². The maximum absolute atomic E-state index is 9.76. The van der Waals surface area contributed by atoms with Crippen LogP contribution in [0.15, 0.2) is 43.0 Å². The van der Waals surface area contributed by atoms with E-state index >= 15 is 0 Å². The molecule has 1 aromatic rings. The van der Waals surface area contributed by atoms with E-state index in [1.165, 1.54) is 5.56 Å². The zero-order valence-corrected chi connectivity index (χ0v) is 9.39. The number of hydrogen-bond acceptors (Lipinski definition) is 1. The van der Waals surface area contributed by atoms with Crippen LogP contribution in [0.3, 0.4) is 0 Å². The van der Waals surface area contributed by atoms with Crippen LogP contribution >= 0.6 is 0 Å². The number of rotatable bonds is 6. The molecule has 1 N–H and O–H groups in total. The van der Waals surface area contributed by atoms with Gasteiger partial charge >= 0.3 is 0 Å². The number of aryl methyl sites for hydroxylation is 1. The summed E-state index contributed by atoms with van der Waals surface area (Å²) in [4.78, 5) is 0. The van der Waals surface area contributed by atoms with E-state index in [0.717, 1.165) is 19.3 Å². The molecule has 1 nitrogen and oxygen atoms in total. The van der Waals surface area contributed by atoms with Crippen LogP contribution in [0, 0.1) is 5.92 Å². The van der Waals surface area contributed by atoms with E-state index in [2.05, 4.69) is 25.6 Å². The lowest BCUT2D eigenvalue weighted by Crippen LogP contribution is -2.11. The first kappa shape index (κ1) is 12.0. The largest absolute Gasteiger partial charge is 0.393 e. The van der Waals surface area contributed by atoms with Crippen LogP contribution in [0.4, 0.5) is 0 Å². The van der Waals surface area contributed by atoms with Crippen molar-refractivity contribution in [2.45, 2.75) is 32.3 Å². The Morgan fingerprint density at radius 3 is 2.60 bits per heavy atom. The number of benzene rings is 1. The molecule has 0 bridgehead atoms. The molecule has 0 aromatic heterocycles. The highest BCUT2D eigenvalue weighted by Gasteiger charge is 2.07. The van der Waals surface area contributed by atoms with Crippen LogP contribution in [0.25, 0.3) is 0 Å². The van der Waals surface area contributed by atoms with Crippen molar-refractivity contribution in [2.24, 2.45) is 5.92 Å². The highest BCUT2D eigenvalue weighted by Crippen LogP contribution is 2.12. The summed E-state index contributed by atoms with van der Waals surface area (Å²) >= 11 is 0. The Bertz CT molecular complexity index is 279. The highest BCUT2D eigenvalue weighted by molar-refractivity contribution is 5.14. The summed E-state index contributed by atoms with van der Waals surface area (Å²) in [6.07, 6.45) is 4.29. The van der Waals surface area contributed by atoms with Crippen LogP contribution in [0.5, 0.6) is 0 Å². The number of aliphatic hydroxyl groups excluding tert-OH is 1. The first-order chi connectivity index (χ1) is 7.22. The average molecular weight is 204 g/mol. The summed E-state index contributed by atoms with van der Waals surface area (Å²) in [5, 5.41) is 9.76. The molecule has 1 rings (SSSR count). The van der Waals surface area contributed by atoms with Crippen molar-refractivity contribution in [1.29, 1.82) is 0 Å². The van der Waals surface area contributed by atoms with Gasteiger partial charge in [-0.1, -0.05) is 43.3 Å². The lowest BCUT2D eigenvalue weighted by atomic mass is 9.99. The fourth-order valence-corrected chi connectivity index (χ4v) is 1.62. The van der Waals surface area contributed by atoms with Gasteiger partial charge in [-0.05, 0) is 30.7 Å². The summed E-state index contributed by atoms with van der Waals surface area (Å²) in [6, 6.07) is 10.3. The zero-order valence-electron chi connectivity index (χ0n) is 9.39. The van der Waals surface area contributed by atoms with Crippen LogP contribution in [-0.4, -0.2) is 11.2 Å². The Morgan fingerprint density at radius 1 is 1.33 bits per heavy atom. The number of allylic oxidation sites excluding steroid dienone is 1. The summed E-state index contributed by atoms with van der Waals surface area (Å²) < 4.78 is 0. The summed E-state index contributed by atoms with van der Waals surface area (Å²) in [7, 11) is 0. The summed E-state index contributed by atoms with van der Waals surface area (Å²) in [5.41, 5.74) is 1.29. The van der Waals surface area contributed by atoms with Gasteiger partial charge < -0.3 is 5.11 Å². The van der Waals surface area contributed by atoms with E-state index < -0.39 is 0 Å². The van der Waals surface area contributed by atoms with E-state index in [-0.39, 0.29) is 6.10 Å². The molecule has 0 aliphatic heterocycles. The monoisotopic (exact) mass is 204 g/mol. The Labute approximate surface area is 92.5 Å². The molecule has 0 unspecified atom stereocenters. The second-order valence-electron chi connectivity index (χ2n) is 4.13. The minimum absolute atomic E-state index is 0.210. The average Bonchev–Trinajstić information content (AvgIpc) is 2.27. The number of aliphatic hydroxyl groups is 1. The minimum Gasteiger partial charge on any atom is -0.393 e. The molecule has 0 spiro atoms. The van der Waals surface area contributed by atoms with Gasteiger partial charge in [0.2, 0.25) is 0 Å². The van der Waals surface area contributed by atoms with Crippen molar-refractivity contribution >= 4 is 0 Å². The predicted molar refractivity (Wildman–Crippen MR) is 64.7 cm³/mol. The molecule has 2 atom stereocenters. The third-order valence-electron chi connectivity index (χ3n) is 2.66. The van der Waals surface area contributed by atoms with Crippen LogP contribution in [0.1, 0.15) is 25.3 Å². The molecule has 0 aliphatic carbocycles. The van der Waals surface area contributed by atoms with Crippen molar-refractivity contribution in [2.75, 3.05) is 0 Å². The van der Waals surface area contributed by atoms with Crippen molar-refractivity contribution in [3.8, 4) is 0 Å². The lowest BCUT2D eigenvalue weighted by molar-refractivity contribution is 0.144. The molecular formula is C14H20O. The van der Waals surface area contributed by atoms with Gasteiger partial charge in [-0.3, -0.25) is 0 Å². The molecule has 0 heterocycles. The first-order valence-corrected chi connectivity index (χ1v) is 5.57. The van der Waals surface area contributed by atoms with Gasteiger partial charge in [0.05, 0.1) is 6.10 Å². The van der Waals surface area contributed by atoms with E-state index in [0.29, 0.717) is 5.92 Å². The molecule has 1 aromatic carbocycles. The van der Waals surface area contributed by atoms with E-state index in [4.69, 9.17) is 0 Å². The fourth-order valence-electron chi connectivity index (χ4n) is 1.62. The van der Waals surface area contributed by atoms with Gasteiger partial charge in [-0.2, -0.15) is 0 Å². The molecule has 0 radical (unpaired) electrons. The topological polar surface area (TPSA) is 20.2 Å². The van der Waals surface area contributed by atoms with Gasteiger partial charge in [0.15, 0.2) is 0 Å². The molecule has 15 heavy (non-hydrogen) atoms. The van der Waals surface area contributed by atoms with E-state index in [9.17, 15) is 5.11 Å². The molecule has 0 aliphatic rings. The fraction of sp³-hybridized carbons (Fsp3) is 0.429. The zero-order chi connectivity index (χ0) is 11.1. The van der Waals surface area contributed by atoms with Gasteiger partial charge in [0, 0.05) is 0 Å². The highest BCUT2D eigenvalue weighted by atomic mass is 16.3. The quantitative estimate of drug-likeness (QED) is 0.705. The molecule has 0 saturated heterocycles. The molecule has 82 valence electrons. The second-order valence-corrected chi connectivity index (χ2v) is 4.13. The van der Waals surface area contributed by atoms with E-state index in [1.54, 1.807) is 0 Å². The smallest absolute Gasteiger partial charge is 0.0549 e.